The number of nitrogens with zero attached hydrogens (tertiary/aromatic N) is 2. The number of hydrogen-bond donors (Lipinski definition) is 1. The van der Waals surface area contributed by atoms with Crippen LogP contribution in [0.15, 0.2) is 41.8 Å². The summed E-state index contributed by atoms with van der Waals surface area (Å²) in [7, 11) is -2.00. The van der Waals surface area contributed by atoms with Crippen LogP contribution in [0, 0.1) is 0 Å². The van der Waals surface area contributed by atoms with Crippen LogP contribution >= 0.6 is 0 Å². The fraction of sp³-hybridized carbons (Fsp3) is 0.550. The van der Waals surface area contributed by atoms with E-state index in [9.17, 15) is 13.2 Å². The van der Waals surface area contributed by atoms with Gasteiger partial charge in [0.15, 0.2) is 0 Å². The van der Waals surface area contributed by atoms with E-state index in [0.29, 0.717) is 6.04 Å². The highest BCUT2D eigenvalue weighted by Crippen LogP contribution is 2.23. The summed E-state index contributed by atoms with van der Waals surface area (Å²) in [4.78, 5) is 14.8. The molecule has 1 aliphatic rings. The highest BCUT2D eigenvalue weighted by molar-refractivity contribution is 7.89. The summed E-state index contributed by atoms with van der Waals surface area (Å²) < 4.78 is 26.0. The number of amides is 1. The number of nitrogens with one attached hydrogen (secondary N) is 1. The van der Waals surface area contributed by atoms with Gasteiger partial charge in [-0.05, 0) is 44.0 Å². The summed E-state index contributed by atoms with van der Waals surface area (Å²) in [6.45, 7) is 6.78. The Bertz CT molecular complexity index is 725. The number of benzene rings is 1. The van der Waals surface area contributed by atoms with Crippen LogP contribution in [0.5, 0.6) is 0 Å². The van der Waals surface area contributed by atoms with Gasteiger partial charge in [-0.1, -0.05) is 25.3 Å². The third-order valence-corrected chi connectivity index (χ3v) is 6.91. The van der Waals surface area contributed by atoms with Gasteiger partial charge in [0.1, 0.15) is 0 Å². The van der Waals surface area contributed by atoms with E-state index in [4.69, 9.17) is 0 Å². The Balaban J connectivity index is 1.96. The molecule has 1 aromatic carbocycles. The summed E-state index contributed by atoms with van der Waals surface area (Å²) in [5.41, 5.74) is 0.730. The molecule has 1 saturated carbocycles. The lowest BCUT2D eigenvalue weighted by atomic mass is 9.94. The summed E-state index contributed by atoms with van der Waals surface area (Å²) in [6, 6.07) is 6.85. The van der Waals surface area contributed by atoms with Gasteiger partial charge < -0.3 is 10.2 Å². The van der Waals surface area contributed by atoms with Gasteiger partial charge in [-0.3, -0.25) is 4.79 Å². The molecule has 7 heteroatoms. The minimum Gasteiger partial charge on any atom is -0.376 e. The molecule has 0 bridgehead atoms. The van der Waals surface area contributed by atoms with Crippen LogP contribution in [0.2, 0.25) is 0 Å². The Morgan fingerprint density at radius 3 is 2.41 bits per heavy atom. The predicted molar refractivity (Wildman–Crippen MR) is 109 cm³/mol. The van der Waals surface area contributed by atoms with Crippen LogP contribution in [0.1, 0.15) is 39.0 Å². The number of anilines is 1. The molecule has 1 amide bonds. The van der Waals surface area contributed by atoms with Crippen molar-refractivity contribution in [3.05, 3.63) is 36.9 Å². The second-order valence-electron chi connectivity index (χ2n) is 6.92. The lowest BCUT2D eigenvalue weighted by molar-refractivity contribution is -0.132. The van der Waals surface area contributed by atoms with Gasteiger partial charge in [0.05, 0.1) is 11.4 Å². The summed E-state index contributed by atoms with van der Waals surface area (Å²) >= 11 is 0. The van der Waals surface area contributed by atoms with Crippen LogP contribution < -0.4 is 5.32 Å². The first-order valence-corrected chi connectivity index (χ1v) is 11.0. The van der Waals surface area contributed by atoms with Crippen LogP contribution in [-0.4, -0.2) is 56.3 Å². The van der Waals surface area contributed by atoms with Gasteiger partial charge in [-0.2, -0.15) is 4.31 Å². The average Bonchev–Trinajstić information content (AvgIpc) is 2.68. The molecule has 1 aliphatic carbocycles. The molecule has 0 spiro atoms. The number of rotatable bonds is 9. The molecular formula is C20H31N3O3S. The molecule has 2 rings (SSSR count). The Morgan fingerprint density at radius 1 is 1.22 bits per heavy atom. The number of carbonyl (C=O) groups is 1. The van der Waals surface area contributed by atoms with E-state index >= 15 is 0 Å². The van der Waals surface area contributed by atoms with Crippen LogP contribution in [0.4, 0.5) is 5.69 Å². The Morgan fingerprint density at radius 2 is 1.85 bits per heavy atom. The molecule has 0 atom stereocenters. The van der Waals surface area contributed by atoms with Crippen molar-refractivity contribution in [2.45, 2.75) is 50.0 Å². The van der Waals surface area contributed by atoms with Gasteiger partial charge in [0, 0.05) is 31.9 Å². The second kappa shape index (κ2) is 9.90. The van der Waals surface area contributed by atoms with Gasteiger partial charge in [0.25, 0.3) is 0 Å². The molecule has 0 radical (unpaired) electrons. The standard InChI is InChI=1S/C20H31N3O3S/c1-4-15-22(3)27(25,26)19-13-11-17(12-14-19)21-16-20(24)23(5-2)18-9-7-6-8-10-18/h4,11-14,18,21H,1,5-10,15-16H2,2-3H3. The van der Waals surface area contributed by atoms with Crippen molar-refractivity contribution in [3.63, 3.8) is 0 Å². The van der Waals surface area contributed by atoms with Crippen LogP contribution in [0.3, 0.4) is 0 Å². The zero-order valence-corrected chi connectivity index (χ0v) is 17.2. The quantitative estimate of drug-likeness (QED) is 0.655. The predicted octanol–water partition coefficient (Wildman–Crippen LogP) is 3.09. The summed E-state index contributed by atoms with van der Waals surface area (Å²) in [5.74, 6) is 0.0896. The Labute approximate surface area is 163 Å². The third-order valence-electron chi connectivity index (χ3n) is 5.07. The maximum absolute atomic E-state index is 12.6. The molecule has 0 unspecified atom stereocenters. The van der Waals surface area contributed by atoms with Crippen molar-refractivity contribution in [3.8, 4) is 0 Å². The molecule has 1 N–H and O–H groups in total. The fourth-order valence-corrected chi connectivity index (χ4v) is 4.66. The number of sulfonamides is 1. The number of likely N-dealkylation sites (N-methyl/N-ethyl adjacent to an activating group) is 2. The van der Waals surface area contributed by atoms with Gasteiger partial charge in [-0.15, -0.1) is 6.58 Å². The minimum atomic E-state index is -3.52. The monoisotopic (exact) mass is 393 g/mol. The molecule has 0 heterocycles. The van der Waals surface area contributed by atoms with E-state index in [0.717, 1.165) is 25.1 Å². The van der Waals surface area contributed by atoms with Crippen molar-refractivity contribution in [1.82, 2.24) is 9.21 Å². The summed E-state index contributed by atoms with van der Waals surface area (Å²) in [6.07, 6.45) is 7.37. The van der Waals surface area contributed by atoms with Crippen molar-refractivity contribution < 1.29 is 13.2 Å². The third kappa shape index (κ3) is 5.56. The van der Waals surface area contributed by atoms with Crippen molar-refractivity contribution in [1.29, 1.82) is 0 Å². The molecular weight excluding hydrogens is 362 g/mol. The second-order valence-corrected chi connectivity index (χ2v) is 8.97. The molecule has 150 valence electrons. The van der Waals surface area contributed by atoms with Crippen molar-refractivity contribution >= 4 is 21.6 Å². The fourth-order valence-electron chi connectivity index (χ4n) is 3.51. The first kappa shape index (κ1) is 21.4. The van der Waals surface area contributed by atoms with E-state index in [1.165, 1.54) is 30.6 Å². The molecule has 0 aromatic heterocycles. The van der Waals surface area contributed by atoms with Gasteiger partial charge in [0.2, 0.25) is 15.9 Å². The van der Waals surface area contributed by atoms with Crippen molar-refractivity contribution in [2.75, 3.05) is 32.0 Å². The highest BCUT2D eigenvalue weighted by atomic mass is 32.2. The Kier molecular flexibility index (Phi) is 7.86. The number of hydrogen-bond acceptors (Lipinski definition) is 4. The van der Waals surface area contributed by atoms with Gasteiger partial charge >= 0.3 is 0 Å². The largest absolute Gasteiger partial charge is 0.376 e. The van der Waals surface area contributed by atoms with E-state index in [-0.39, 0.29) is 23.9 Å². The first-order chi connectivity index (χ1) is 12.9. The van der Waals surface area contributed by atoms with E-state index in [1.54, 1.807) is 30.3 Å². The molecule has 0 aliphatic heterocycles. The smallest absolute Gasteiger partial charge is 0.243 e. The number of carbonyl (C=O) groups excluding carboxylic acids is 1. The van der Waals surface area contributed by atoms with E-state index < -0.39 is 10.0 Å². The maximum Gasteiger partial charge on any atom is 0.243 e. The lowest BCUT2D eigenvalue weighted by Crippen LogP contribution is -2.43. The molecule has 6 nitrogen and oxygen atoms in total. The lowest BCUT2D eigenvalue weighted by Gasteiger charge is -2.33. The molecule has 1 fully saturated rings. The average molecular weight is 394 g/mol. The Hall–Kier alpha value is -1.86. The highest BCUT2D eigenvalue weighted by Gasteiger charge is 2.24. The van der Waals surface area contributed by atoms with Gasteiger partial charge in [-0.25, -0.2) is 8.42 Å². The zero-order chi connectivity index (χ0) is 19.9. The molecule has 0 saturated heterocycles. The molecule has 27 heavy (non-hydrogen) atoms. The van der Waals surface area contributed by atoms with E-state index in [1.807, 2.05) is 11.8 Å². The maximum atomic E-state index is 12.6. The minimum absolute atomic E-state index is 0.0896. The molecule has 1 aromatic rings. The van der Waals surface area contributed by atoms with Crippen LogP contribution in [-0.2, 0) is 14.8 Å². The summed E-state index contributed by atoms with van der Waals surface area (Å²) in [5, 5.41) is 3.12. The van der Waals surface area contributed by atoms with Crippen molar-refractivity contribution in [2.24, 2.45) is 0 Å². The first-order valence-electron chi connectivity index (χ1n) is 9.60. The van der Waals surface area contributed by atoms with Crippen LogP contribution in [0.25, 0.3) is 0 Å². The topological polar surface area (TPSA) is 69.7 Å². The SMILES string of the molecule is C=CCN(C)S(=O)(=O)c1ccc(NCC(=O)N(CC)C2CCCCC2)cc1. The zero-order valence-electron chi connectivity index (χ0n) is 16.4. The normalized spacial score (nSPS) is 15.5. The van der Waals surface area contributed by atoms with E-state index in [2.05, 4.69) is 11.9 Å².